The Kier molecular flexibility index (Phi) is 4.42. The highest BCUT2D eigenvalue weighted by Crippen LogP contribution is 2.25. The number of rotatable bonds is 6. The first-order chi connectivity index (χ1) is 10.2. The maximum absolute atomic E-state index is 13.7. The molecule has 0 spiro atoms. The van der Waals surface area contributed by atoms with Crippen molar-refractivity contribution in [3.05, 3.63) is 64.4 Å². The molecule has 1 aliphatic rings. The van der Waals surface area contributed by atoms with Crippen LogP contribution in [0.1, 0.15) is 24.0 Å². The summed E-state index contributed by atoms with van der Waals surface area (Å²) in [5.74, 6) is 0.432. The third-order valence-electron chi connectivity index (χ3n) is 3.56. The van der Waals surface area contributed by atoms with Crippen molar-refractivity contribution in [2.24, 2.45) is 0 Å². The molecule has 110 valence electrons. The van der Waals surface area contributed by atoms with Crippen LogP contribution in [0.4, 0.5) is 4.39 Å². The highest BCUT2D eigenvalue weighted by atomic mass is 35.5. The van der Waals surface area contributed by atoms with Crippen LogP contribution in [-0.4, -0.2) is 6.04 Å². The minimum Gasteiger partial charge on any atom is -0.488 e. The molecule has 1 aliphatic carbocycles. The Balaban J connectivity index is 1.69. The molecule has 0 saturated heterocycles. The van der Waals surface area contributed by atoms with Crippen LogP contribution in [0.15, 0.2) is 42.5 Å². The predicted molar refractivity (Wildman–Crippen MR) is 82.0 cm³/mol. The molecule has 2 nitrogen and oxygen atoms in total. The molecule has 0 radical (unpaired) electrons. The Morgan fingerprint density at radius 3 is 2.71 bits per heavy atom. The highest BCUT2D eigenvalue weighted by molar-refractivity contribution is 6.31. The van der Waals surface area contributed by atoms with Gasteiger partial charge in [0.25, 0.3) is 0 Å². The number of benzene rings is 2. The lowest BCUT2D eigenvalue weighted by atomic mass is 10.2. The summed E-state index contributed by atoms with van der Waals surface area (Å²) in [7, 11) is 0. The van der Waals surface area contributed by atoms with E-state index in [1.807, 2.05) is 24.3 Å². The molecular formula is C17H17ClFNO. The first-order valence-corrected chi connectivity index (χ1v) is 7.49. The van der Waals surface area contributed by atoms with Gasteiger partial charge in [-0.1, -0.05) is 35.9 Å². The number of nitrogens with one attached hydrogen (secondary N) is 1. The van der Waals surface area contributed by atoms with Gasteiger partial charge in [-0.05, 0) is 31.0 Å². The van der Waals surface area contributed by atoms with E-state index in [9.17, 15) is 4.39 Å². The summed E-state index contributed by atoms with van der Waals surface area (Å²) in [6.45, 7) is 0.901. The van der Waals surface area contributed by atoms with Gasteiger partial charge in [0.2, 0.25) is 0 Å². The second kappa shape index (κ2) is 6.46. The summed E-state index contributed by atoms with van der Waals surface area (Å²) < 4.78 is 19.5. The van der Waals surface area contributed by atoms with E-state index in [0.29, 0.717) is 16.6 Å². The second-order valence-electron chi connectivity index (χ2n) is 5.25. The Hall–Kier alpha value is -1.58. The molecule has 21 heavy (non-hydrogen) atoms. The number of halogens is 2. The Bertz CT molecular complexity index is 608. The van der Waals surface area contributed by atoms with Gasteiger partial charge in [0.15, 0.2) is 0 Å². The van der Waals surface area contributed by atoms with Crippen LogP contribution < -0.4 is 10.1 Å². The minimum atomic E-state index is -0.337. The summed E-state index contributed by atoms with van der Waals surface area (Å²) in [6, 6.07) is 13.1. The fourth-order valence-corrected chi connectivity index (χ4v) is 2.37. The van der Waals surface area contributed by atoms with E-state index in [2.05, 4.69) is 5.32 Å². The summed E-state index contributed by atoms with van der Waals surface area (Å²) in [5, 5.41) is 3.85. The molecule has 1 fully saturated rings. The molecule has 4 heteroatoms. The van der Waals surface area contributed by atoms with E-state index in [1.165, 1.54) is 18.9 Å². The normalized spacial score (nSPS) is 14.2. The zero-order chi connectivity index (χ0) is 14.7. The maximum atomic E-state index is 13.7. The van der Waals surface area contributed by atoms with Crippen molar-refractivity contribution in [1.82, 2.24) is 5.32 Å². The fourth-order valence-electron chi connectivity index (χ4n) is 2.15. The zero-order valence-electron chi connectivity index (χ0n) is 11.6. The van der Waals surface area contributed by atoms with Gasteiger partial charge in [0.1, 0.15) is 18.2 Å². The molecule has 0 atom stereocenters. The van der Waals surface area contributed by atoms with Gasteiger partial charge >= 0.3 is 0 Å². The quantitative estimate of drug-likeness (QED) is 0.858. The number of para-hydroxylation sites is 1. The van der Waals surface area contributed by atoms with Crippen LogP contribution in [0.25, 0.3) is 0 Å². The molecule has 0 heterocycles. The number of hydrogen-bond donors (Lipinski definition) is 1. The molecule has 2 aromatic carbocycles. The fraction of sp³-hybridized carbons (Fsp3) is 0.294. The smallest absolute Gasteiger partial charge is 0.131 e. The van der Waals surface area contributed by atoms with Gasteiger partial charge < -0.3 is 10.1 Å². The summed E-state index contributed by atoms with van der Waals surface area (Å²) >= 11 is 6.01. The monoisotopic (exact) mass is 305 g/mol. The zero-order valence-corrected chi connectivity index (χ0v) is 12.4. The predicted octanol–water partition coefficient (Wildman–Crippen LogP) is 4.31. The van der Waals surface area contributed by atoms with Crippen LogP contribution in [0, 0.1) is 5.82 Å². The molecule has 2 aromatic rings. The molecule has 1 N–H and O–H groups in total. The molecule has 0 bridgehead atoms. The van der Waals surface area contributed by atoms with Crippen molar-refractivity contribution in [3.63, 3.8) is 0 Å². The van der Waals surface area contributed by atoms with E-state index in [4.69, 9.17) is 16.3 Å². The van der Waals surface area contributed by atoms with Gasteiger partial charge in [-0.3, -0.25) is 0 Å². The average Bonchev–Trinajstić information content (AvgIpc) is 3.30. The third kappa shape index (κ3) is 3.74. The molecular weight excluding hydrogens is 289 g/mol. The van der Waals surface area contributed by atoms with Crippen LogP contribution in [-0.2, 0) is 13.2 Å². The van der Waals surface area contributed by atoms with E-state index >= 15 is 0 Å². The molecule has 0 aromatic heterocycles. The lowest BCUT2D eigenvalue weighted by molar-refractivity contribution is 0.296. The number of hydrogen-bond acceptors (Lipinski definition) is 2. The van der Waals surface area contributed by atoms with Crippen LogP contribution in [0.3, 0.4) is 0 Å². The molecule has 0 amide bonds. The summed E-state index contributed by atoms with van der Waals surface area (Å²) in [5.41, 5.74) is 1.47. The van der Waals surface area contributed by atoms with Crippen LogP contribution >= 0.6 is 11.6 Å². The summed E-state index contributed by atoms with van der Waals surface area (Å²) in [6.07, 6.45) is 2.49. The Labute approximate surface area is 128 Å². The topological polar surface area (TPSA) is 21.3 Å². The van der Waals surface area contributed by atoms with Gasteiger partial charge in [0.05, 0.1) is 5.02 Å². The van der Waals surface area contributed by atoms with E-state index in [1.54, 1.807) is 12.1 Å². The minimum absolute atomic E-state index is 0.131. The van der Waals surface area contributed by atoms with E-state index < -0.39 is 0 Å². The molecule has 3 rings (SSSR count). The Morgan fingerprint density at radius 2 is 1.95 bits per heavy atom. The lowest BCUT2D eigenvalue weighted by Crippen LogP contribution is -2.16. The Morgan fingerprint density at radius 1 is 1.14 bits per heavy atom. The highest BCUT2D eigenvalue weighted by Gasteiger charge is 2.20. The van der Waals surface area contributed by atoms with Gasteiger partial charge in [-0.2, -0.15) is 0 Å². The van der Waals surface area contributed by atoms with Crippen molar-refractivity contribution < 1.29 is 9.13 Å². The van der Waals surface area contributed by atoms with Crippen LogP contribution in [0.2, 0.25) is 5.02 Å². The lowest BCUT2D eigenvalue weighted by Gasteiger charge is -2.13. The average molecular weight is 306 g/mol. The summed E-state index contributed by atoms with van der Waals surface area (Å²) in [4.78, 5) is 0. The molecule has 1 saturated carbocycles. The molecule has 0 aliphatic heterocycles. The standard InChI is InChI=1S/C17H17ClFNO/c18-15-5-3-6-16(19)14(15)11-21-17-7-2-1-4-12(17)10-20-13-8-9-13/h1-7,13,20H,8-11H2. The van der Waals surface area contributed by atoms with Crippen molar-refractivity contribution in [2.45, 2.75) is 32.0 Å². The maximum Gasteiger partial charge on any atom is 0.131 e. The van der Waals surface area contributed by atoms with Gasteiger partial charge in [-0.25, -0.2) is 4.39 Å². The van der Waals surface area contributed by atoms with Gasteiger partial charge in [0, 0.05) is 23.7 Å². The largest absolute Gasteiger partial charge is 0.488 e. The van der Waals surface area contributed by atoms with Crippen molar-refractivity contribution in [1.29, 1.82) is 0 Å². The SMILES string of the molecule is Fc1cccc(Cl)c1COc1ccccc1CNC1CC1. The van der Waals surface area contributed by atoms with E-state index in [-0.39, 0.29) is 12.4 Å². The van der Waals surface area contributed by atoms with Crippen molar-refractivity contribution >= 4 is 11.6 Å². The first-order valence-electron chi connectivity index (χ1n) is 7.11. The van der Waals surface area contributed by atoms with Crippen molar-refractivity contribution in [2.75, 3.05) is 0 Å². The van der Waals surface area contributed by atoms with E-state index in [0.717, 1.165) is 17.9 Å². The van der Waals surface area contributed by atoms with Gasteiger partial charge in [-0.15, -0.1) is 0 Å². The second-order valence-corrected chi connectivity index (χ2v) is 5.66. The third-order valence-corrected chi connectivity index (χ3v) is 3.92. The van der Waals surface area contributed by atoms with Crippen LogP contribution in [0.5, 0.6) is 5.75 Å². The molecule has 0 unspecified atom stereocenters. The van der Waals surface area contributed by atoms with Crippen molar-refractivity contribution in [3.8, 4) is 5.75 Å². The number of ether oxygens (including phenoxy) is 1. The first kappa shape index (κ1) is 14.4.